The number of aliphatic hydroxyl groups excluding tert-OH is 1. The van der Waals surface area contributed by atoms with Gasteiger partial charge in [-0.15, -0.1) is 0 Å². The van der Waals surface area contributed by atoms with Gasteiger partial charge in [-0.05, 0) is 0 Å². The lowest BCUT2D eigenvalue weighted by Crippen LogP contribution is -2.51. The first-order valence-corrected chi connectivity index (χ1v) is 3.86. The van der Waals surface area contributed by atoms with Crippen LogP contribution in [0.3, 0.4) is 0 Å². The number of aliphatic carboxylic acids is 2. The zero-order valence-electron chi connectivity index (χ0n) is 8.83. The molecule has 100 valence electrons. The first-order chi connectivity index (χ1) is 7.50. The highest BCUT2D eigenvalue weighted by atomic mass is 16.4. The number of carboxylic acids is 2. The quantitative estimate of drug-likeness (QED) is 0.185. The second-order valence-electron chi connectivity index (χ2n) is 2.41. The molecule has 0 spiro atoms. The van der Waals surface area contributed by atoms with E-state index in [1.165, 1.54) is 0 Å². The summed E-state index contributed by atoms with van der Waals surface area (Å²) in [5.41, 5.74) is 18.3. The van der Waals surface area contributed by atoms with Crippen LogP contribution in [0, 0.1) is 0 Å². The monoisotopic (exact) mass is 252 g/mol. The van der Waals surface area contributed by atoms with Crippen LogP contribution in [0.25, 0.3) is 0 Å². The number of carbonyl (C=O) groups is 2. The van der Waals surface area contributed by atoms with Gasteiger partial charge < -0.3 is 24.9 Å². The Morgan fingerprint density at radius 3 is 1.35 bits per heavy atom. The highest BCUT2D eigenvalue weighted by Gasteiger charge is 2.03. The van der Waals surface area contributed by atoms with Gasteiger partial charge in [-0.1, -0.05) is 0 Å². The van der Waals surface area contributed by atoms with Gasteiger partial charge in [-0.3, -0.25) is 33.8 Å². The van der Waals surface area contributed by atoms with Crippen molar-refractivity contribution in [2.24, 2.45) is 22.9 Å². The summed E-state index contributed by atoms with van der Waals surface area (Å²) in [6.45, 7) is 0. The average molecular weight is 252 g/mol. The molecule has 0 radical (unpaired) electrons. The molecule has 0 aromatic rings. The topological polar surface area (TPSA) is 256 Å². The Labute approximate surface area is 96.0 Å². The third kappa shape index (κ3) is 59.4. The van der Waals surface area contributed by atoms with Crippen LogP contribution in [-0.4, -0.2) is 35.1 Å². The van der Waals surface area contributed by atoms with Crippen LogP contribution in [0.4, 0.5) is 0 Å². The molecule has 0 aliphatic carbocycles. The van der Waals surface area contributed by atoms with Crippen molar-refractivity contribution in [2.75, 3.05) is 0 Å². The Hall–Kier alpha value is -2.56. The van der Waals surface area contributed by atoms with Crippen molar-refractivity contribution in [3.63, 3.8) is 0 Å². The number of guanidine groups is 2. The van der Waals surface area contributed by atoms with Crippen molar-refractivity contribution in [3.05, 3.63) is 0 Å². The summed E-state index contributed by atoms with van der Waals surface area (Å²) in [6.07, 6.45) is -2.89. The van der Waals surface area contributed by atoms with Gasteiger partial charge in [0.2, 0.25) is 0 Å². The normalized spacial score (nSPS) is 9.47. The van der Waals surface area contributed by atoms with E-state index in [4.69, 9.17) is 5.11 Å². The Balaban J connectivity index is -0.000000205. The fraction of sp³-hybridized carbons (Fsp3) is 0.333. The zero-order valence-corrected chi connectivity index (χ0v) is 8.83. The molecule has 0 heterocycles. The molecular formula is C6H16N6O5. The molecule has 0 aromatic carbocycles. The predicted octanol–water partition coefficient (Wildman–Crippen LogP) is -9.73. The SMILES string of the molecule is NC(N)=[NH2+].NC(N)=[NH2+].O=C([O-])CC(O)C(=O)[O-]. The Morgan fingerprint density at radius 1 is 1.06 bits per heavy atom. The lowest BCUT2D eigenvalue weighted by atomic mass is 10.3. The molecule has 0 rings (SSSR count). The standard InChI is InChI=1S/C4H6O5.2CH5N3/c5-2(4(8)9)1-3(6)7;2*2-1(3)4/h2,5H,1H2,(H,6,7)(H,8,9);2*(H5,2,3,4). The van der Waals surface area contributed by atoms with E-state index in [0.29, 0.717) is 0 Å². The lowest BCUT2D eigenvalue weighted by Gasteiger charge is -2.10. The van der Waals surface area contributed by atoms with E-state index in [1.807, 2.05) is 0 Å². The lowest BCUT2D eigenvalue weighted by molar-refractivity contribution is -0.323. The number of nitrogens with two attached hydrogens (primary N) is 6. The van der Waals surface area contributed by atoms with Gasteiger partial charge in [0.15, 0.2) is 0 Å². The van der Waals surface area contributed by atoms with E-state index in [0.717, 1.165) is 0 Å². The summed E-state index contributed by atoms with van der Waals surface area (Å²) in [7, 11) is 0. The molecule has 13 N–H and O–H groups in total. The van der Waals surface area contributed by atoms with Crippen LogP contribution >= 0.6 is 0 Å². The summed E-state index contributed by atoms with van der Waals surface area (Å²) in [5, 5.41) is 36.5. The largest absolute Gasteiger partial charge is 0.550 e. The van der Waals surface area contributed by atoms with Crippen LogP contribution < -0.4 is 44.0 Å². The van der Waals surface area contributed by atoms with E-state index in [1.54, 1.807) is 0 Å². The highest BCUT2D eigenvalue weighted by Crippen LogP contribution is 1.85. The number of rotatable bonds is 3. The predicted molar refractivity (Wildman–Crippen MR) is 51.3 cm³/mol. The highest BCUT2D eigenvalue weighted by molar-refractivity contribution is 5.77. The number of hydrogen-bond acceptors (Lipinski definition) is 5. The molecule has 1 unspecified atom stereocenters. The molecule has 17 heavy (non-hydrogen) atoms. The minimum atomic E-state index is -1.96. The van der Waals surface area contributed by atoms with Crippen LogP contribution in [0.2, 0.25) is 0 Å². The van der Waals surface area contributed by atoms with E-state index in [2.05, 4.69) is 33.8 Å². The van der Waals surface area contributed by atoms with Crippen LogP contribution in [0.5, 0.6) is 0 Å². The fourth-order valence-corrected chi connectivity index (χ4v) is 0.241. The number of hydrogen-bond donors (Lipinski definition) is 7. The Kier molecular flexibility index (Phi) is 13.5. The Bertz CT molecular complexity index is 260. The average Bonchev–Trinajstić information content (AvgIpc) is 1.99. The number of carbonyl (C=O) groups excluding carboxylic acids is 2. The van der Waals surface area contributed by atoms with Crippen LogP contribution in [0.1, 0.15) is 6.42 Å². The van der Waals surface area contributed by atoms with Crippen molar-refractivity contribution in [1.29, 1.82) is 0 Å². The summed E-state index contributed by atoms with van der Waals surface area (Å²) in [6, 6.07) is 0. The van der Waals surface area contributed by atoms with Crippen molar-refractivity contribution >= 4 is 23.9 Å². The van der Waals surface area contributed by atoms with E-state index in [9.17, 15) is 19.8 Å². The summed E-state index contributed by atoms with van der Waals surface area (Å²) in [4.78, 5) is 19.1. The van der Waals surface area contributed by atoms with E-state index in [-0.39, 0.29) is 11.9 Å². The van der Waals surface area contributed by atoms with Gasteiger partial charge in [0.1, 0.15) is 0 Å². The summed E-state index contributed by atoms with van der Waals surface area (Å²) >= 11 is 0. The third-order valence-electron chi connectivity index (χ3n) is 0.632. The molecule has 0 aliphatic rings. The van der Waals surface area contributed by atoms with Crippen LogP contribution in [-0.2, 0) is 9.59 Å². The molecule has 0 aromatic heterocycles. The maximum absolute atomic E-state index is 9.58. The van der Waals surface area contributed by atoms with Crippen molar-refractivity contribution in [2.45, 2.75) is 12.5 Å². The van der Waals surface area contributed by atoms with Crippen molar-refractivity contribution in [3.8, 4) is 0 Å². The molecule has 0 bridgehead atoms. The van der Waals surface area contributed by atoms with Crippen molar-refractivity contribution < 1.29 is 35.7 Å². The number of carboxylic acid groups (broad SMARTS) is 2. The number of aliphatic hydroxyl groups is 1. The maximum atomic E-state index is 9.58. The van der Waals surface area contributed by atoms with E-state index < -0.39 is 24.5 Å². The molecule has 1 atom stereocenters. The van der Waals surface area contributed by atoms with Gasteiger partial charge in [0.25, 0.3) is 0 Å². The minimum absolute atomic E-state index is 0.0833. The minimum Gasteiger partial charge on any atom is -0.550 e. The first-order valence-electron chi connectivity index (χ1n) is 3.86. The summed E-state index contributed by atoms with van der Waals surface area (Å²) < 4.78 is 0. The van der Waals surface area contributed by atoms with Gasteiger partial charge in [0.05, 0.1) is 12.1 Å². The Morgan fingerprint density at radius 2 is 1.29 bits per heavy atom. The van der Waals surface area contributed by atoms with Crippen molar-refractivity contribution in [1.82, 2.24) is 0 Å². The summed E-state index contributed by atoms with van der Waals surface area (Å²) in [5.74, 6) is -3.59. The maximum Gasteiger partial charge on any atom is 0.336 e. The zero-order chi connectivity index (χ0) is 14.6. The van der Waals surface area contributed by atoms with E-state index >= 15 is 0 Å². The second kappa shape index (κ2) is 11.5. The third-order valence-corrected chi connectivity index (χ3v) is 0.632. The molecule has 0 aliphatic heterocycles. The smallest absolute Gasteiger partial charge is 0.336 e. The molecule has 0 saturated carbocycles. The molecule has 0 saturated heterocycles. The molecule has 11 heteroatoms. The molecule has 11 nitrogen and oxygen atoms in total. The van der Waals surface area contributed by atoms with Gasteiger partial charge in [-0.2, -0.15) is 0 Å². The fourth-order valence-electron chi connectivity index (χ4n) is 0.241. The van der Waals surface area contributed by atoms with Gasteiger partial charge in [0, 0.05) is 12.4 Å². The van der Waals surface area contributed by atoms with Gasteiger partial charge in [-0.25, -0.2) is 0 Å². The molecular weight excluding hydrogens is 236 g/mol. The van der Waals surface area contributed by atoms with Gasteiger partial charge >= 0.3 is 11.9 Å². The van der Waals surface area contributed by atoms with Crippen LogP contribution in [0.15, 0.2) is 0 Å². The second-order valence-corrected chi connectivity index (χ2v) is 2.41. The first kappa shape index (κ1) is 19.9. The molecule has 0 amide bonds. The molecule has 0 fully saturated rings.